The number of nitrogens with one attached hydrogen (secondary N) is 1. The lowest BCUT2D eigenvalue weighted by Gasteiger charge is -2.18. The van der Waals surface area contributed by atoms with Gasteiger partial charge in [0.2, 0.25) is 5.88 Å². The summed E-state index contributed by atoms with van der Waals surface area (Å²) in [6.45, 7) is 3.22. The van der Waals surface area contributed by atoms with Gasteiger partial charge in [0.25, 0.3) is 0 Å². The van der Waals surface area contributed by atoms with Crippen LogP contribution in [-0.4, -0.2) is 62.6 Å². The fourth-order valence-electron chi connectivity index (χ4n) is 4.33. The monoisotopic (exact) mass is 485 g/mol. The number of ether oxygens (including phenoxy) is 2. The van der Waals surface area contributed by atoms with E-state index in [0.29, 0.717) is 48.2 Å². The van der Waals surface area contributed by atoms with Gasteiger partial charge in [0.15, 0.2) is 0 Å². The molecule has 2 atom stereocenters. The fraction of sp³-hybridized carbons (Fsp3) is 0.240. The molecular formula is C25H23N7O4. The van der Waals surface area contributed by atoms with Crippen molar-refractivity contribution in [2.45, 2.75) is 19.1 Å². The number of fused-ring (bicyclic) bond motifs is 1. The minimum atomic E-state index is -1.12. The number of hydrogen-bond acceptors (Lipinski definition) is 8. The van der Waals surface area contributed by atoms with E-state index < -0.39 is 18.2 Å². The van der Waals surface area contributed by atoms with Crippen molar-refractivity contribution < 1.29 is 19.4 Å². The topological polar surface area (TPSA) is 138 Å². The second kappa shape index (κ2) is 9.79. The summed E-state index contributed by atoms with van der Waals surface area (Å²) in [7, 11) is 0. The first-order valence-electron chi connectivity index (χ1n) is 11.4. The Morgan fingerprint density at radius 1 is 1.25 bits per heavy atom. The Morgan fingerprint density at radius 3 is 2.83 bits per heavy atom. The van der Waals surface area contributed by atoms with Crippen LogP contribution in [-0.2, 0) is 0 Å². The summed E-state index contributed by atoms with van der Waals surface area (Å²) in [5, 5.41) is 25.7. The summed E-state index contributed by atoms with van der Waals surface area (Å²) in [6, 6.07) is 12.7. The van der Waals surface area contributed by atoms with Gasteiger partial charge in [0.1, 0.15) is 23.7 Å². The smallest absolute Gasteiger partial charge is 0.405 e. The molecule has 0 bridgehead atoms. The van der Waals surface area contributed by atoms with Crippen LogP contribution in [0.1, 0.15) is 12.5 Å². The van der Waals surface area contributed by atoms with E-state index in [1.807, 2.05) is 36.1 Å². The van der Waals surface area contributed by atoms with Crippen molar-refractivity contribution >= 4 is 17.4 Å². The van der Waals surface area contributed by atoms with Crippen LogP contribution in [0.4, 0.5) is 10.6 Å². The van der Waals surface area contributed by atoms with Crippen molar-refractivity contribution in [1.29, 1.82) is 5.26 Å². The second-order valence-electron chi connectivity index (χ2n) is 8.18. The molecule has 1 aliphatic heterocycles. The maximum atomic E-state index is 11.4. The summed E-state index contributed by atoms with van der Waals surface area (Å²) in [5.74, 6) is 1.74. The Balaban J connectivity index is 1.42. The maximum Gasteiger partial charge on any atom is 0.405 e. The molecule has 0 aliphatic carbocycles. The lowest BCUT2D eigenvalue weighted by Crippen LogP contribution is -2.44. The fourth-order valence-corrected chi connectivity index (χ4v) is 4.33. The second-order valence-corrected chi connectivity index (χ2v) is 8.18. The van der Waals surface area contributed by atoms with E-state index >= 15 is 0 Å². The Bertz CT molecular complexity index is 1420. The van der Waals surface area contributed by atoms with Gasteiger partial charge < -0.3 is 24.8 Å². The molecule has 0 unspecified atom stereocenters. The minimum absolute atomic E-state index is 0.390. The Hall–Kier alpha value is -4.85. The van der Waals surface area contributed by atoms with Crippen LogP contribution in [0, 0.1) is 11.3 Å². The van der Waals surface area contributed by atoms with Gasteiger partial charge in [-0.2, -0.15) is 10.4 Å². The molecule has 36 heavy (non-hydrogen) atoms. The third-order valence-corrected chi connectivity index (χ3v) is 5.89. The molecule has 5 rings (SSSR count). The maximum absolute atomic E-state index is 11.4. The molecule has 1 saturated heterocycles. The third-order valence-electron chi connectivity index (χ3n) is 5.89. The molecule has 11 heteroatoms. The molecule has 0 radical (unpaired) electrons. The summed E-state index contributed by atoms with van der Waals surface area (Å²) in [5.41, 5.74) is 2.69. The molecule has 1 aliphatic rings. The Labute approximate surface area is 206 Å². The first kappa shape index (κ1) is 22.9. The van der Waals surface area contributed by atoms with Crippen LogP contribution in [0.15, 0.2) is 61.2 Å². The van der Waals surface area contributed by atoms with Crippen LogP contribution in [0.2, 0.25) is 0 Å². The molecule has 182 valence electrons. The molecular weight excluding hydrogens is 462 g/mol. The highest BCUT2D eigenvalue weighted by Gasteiger charge is 2.36. The van der Waals surface area contributed by atoms with Crippen molar-refractivity contribution in [1.82, 2.24) is 24.9 Å². The van der Waals surface area contributed by atoms with Gasteiger partial charge in [-0.1, -0.05) is 6.07 Å². The number of aromatic nitrogens is 4. The lowest BCUT2D eigenvalue weighted by atomic mass is 10.1. The average Bonchev–Trinajstić information content (AvgIpc) is 3.48. The average molecular weight is 486 g/mol. The lowest BCUT2D eigenvalue weighted by molar-refractivity contribution is 0.159. The summed E-state index contributed by atoms with van der Waals surface area (Å²) in [4.78, 5) is 22.1. The van der Waals surface area contributed by atoms with Gasteiger partial charge in [-0.05, 0) is 31.2 Å². The van der Waals surface area contributed by atoms with E-state index in [1.54, 1.807) is 35.2 Å². The standard InChI is InChI=1S/C25H23N7O4/c1-2-35-18-9-19(24-17(10-26)12-29-32(24)13-18)16-6-7-22(28-11-16)31-14-20(30-25(33)34)21(15-31)36-23-5-3-4-8-27-23/h3-9,11-13,20-21,30H,2,14-15H2,1H3,(H,33,34)/t20-,21-/m1/s1. The van der Waals surface area contributed by atoms with E-state index in [0.717, 1.165) is 11.1 Å². The van der Waals surface area contributed by atoms with Crippen molar-refractivity contribution in [3.05, 3.63) is 66.7 Å². The van der Waals surface area contributed by atoms with Crippen molar-refractivity contribution in [3.8, 4) is 28.8 Å². The minimum Gasteiger partial charge on any atom is -0.492 e. The normalized spacial score (nSPS) is 17.1. The first-order chi connectivity index (χ1) is 17.6. The molecule has 1 fully saturated rings. The van der Waals surface area contributed by atoms with Gasteiger partial charge in [0.05, 0.1) is 42.7 Å². The molecule has 2 N–H and O–H groups in total. The van der Waals surface area contributed by atoms with Gasteiger partial charge >= 0.3 is 6.09 Å². The van der Waals surface area contributed by atoms with Crippen molar-refractivity contribution in [2.75, 3.05) is 24.6 Å². The van der Waals surface area contributed by atoms with E-state index in [1.165, 1.54) is 6.20 Å². The molecule has 1 amide bonds. The van der Waals surface area contributed by atoms with Gasteiger partial charge in [-0.15, -0.1) is 0 Å². The largest absolute Gasteiger partial charge is 0.492 e. The van der Waals surface area contributed by atoms with Gasteiger partial charge in [-0.25, -0.2) is 19.3 Å². The van der Waals surface area contributed by atoms with Gasteiger partial charge in [0, 0.05) is 36.1 Å². The van der Waals surface area contributed by atoms with Crippen LogP contribution >= 0.6 is 0 Å². The first-order valence-corrected chi connectivity index (χ1v) is 11.4. The predicted molar refractivity (Wildman–Crippen MR) is 130 cm³/mol. The molecule has 0 spiro atoms. The van der Waals surface area contributed by atoms with Crippen LogP contribution in [0.25, 0.3) is 16.6 Å². The highest BCUT2D eigenvalue weighted by atomic mass is 16.5. The molecule has 5 heterocycles. The highest BCUT2D eigenvalue weighted by molar-refractivity contribution is 5.85. The zero-order chi connectivity index (χ0) is 25.1. The Morgan fingerprint density at radius 2 is 2.14 bits per heavy atom. The number of carbonyl (C=O) groups is 1. The van der Waals surface area contributed by atoms with Crippen LogP contribution < -0.4 is 19.7 Å². The zero-order valence-electron chi connectivity index (χ0n) is 19.4. The van der Waals surface area contributed by atoms with Crippen LogP contribution in [0.3, 0.4) is 0 Å². The number of nitrogens with zero attached hydrogens (tertiary/aromatic N) is 6. The zero-order valence-corrected chi connectivity index (χ0v) is 19.4. The number of nitriles is 1. The molecule has 4 aromatic heterocycles. The molecule has 0 saturated carbocycles. The summed E-state index contributed by atoms with van der Waals surface area (Å²) in [6.07, 6.45) is 5.06. The molecule has 4 aromatic rings. The SMILES string of the molecule is CCOc1cc(-c2ccc(N3C[C@@H](NC(=O)O)[C@H](Oc4ccccn4)C3)nc2)c2c(C#N)cnn2c1. The van der Waals surface area contributed by atoms with Crippen molar-refractivity contribution in [2.24, 2.45) is 0 Å². The van der Waals surface area contributed by atoms with E-state index in [-0.39, 0.29) is 0 Å². The van der Waals surface area contributed by atoms with E-state index in [9.17, 15) is 15.2 Å². The van der Waals surface area contributed by atoms with Gasteiger partial charge in [-0.3, -0.25) is 0 Å². The molecule has 11 nitrogen and oxygen atoms in total. The molecule has 0 aromatic carbocycles. The van der Waals surface area contributed by atoms with Crippen LogP contribution in [0.5, 0.6) is 11.6 Å². The highest BCUT2D eigenvalue weighted by Crippen LogP contribution is 2.32. The number of amides is 1. The number of anilines is 1. The summed E-state index contributed by atoms with van der Waals surface area (Å²) < 4.78 is 13.3. The Kier molecular flexibility index (Phi) is 6.23. The van der Waals surface area contributed by atoms with E-state index in [2.05, 4.69) is 26.5 Å². The van der Waals surface area contributed by atoms with E-state index in [4.69, 9.17) is 9.47 Å². The quantitative estimate of drug-likeness (QED) is 0.404. The third kappa shape index (κ3) is 4.56. The number of rotatable bonds is 7. The number of pyridine rings is 3. The van der Waals surface area contributed by atoms with Crippen molar-refractivity contribution in [3.63, 3.8) is 0 Å². The number of hydrogen-bond donors (Lipinski definition) is 2. The number of carboxylic acid groups (broad SMARTS) is 1. The predicted octanol–water partition coefficient (Wildman–Crippen LogP) is 2.97. The summed E-state index contributed by atoms with van der Waals surface area (Å²) >= 11 is 0.